The van der Waals surface area contributed by atoms with E-state index in [0.717, 1.165) is 24.0 Å². The van der Waals surface area contributed by atoms with E-state index in [1.54, 1.807) is 30.5 Å². The number of rotatable bonds is 6. The van der Waals surface area contributed by atoms with Crippen LogP contribution in [0, 0.1) is 6.92 Å². The average molecular weight is 362 g/mol. The molecule has 1 amide bonds. The van der Waals surface area contributed by atoms with Gasteiger partial charge in [-0.15, -0.1) is 0 Å². The quantitative estimate of drug-likeness (QED) is 0.540. The van der Waals surface area contributed by atoms with E-state index in [4.69, 9.17) is 0 Å². The van der Waals surface area contributed by atoms with Crippen LogP contribution in [0.3, 0.4) is 0 Å². The Balaban J connectivity index is 1.92. The number of hydrogen-bond acceptors (Lipinski definition) is 4. The van der Waals surface area contributed by atoms with Crippen LogP contribution in [0.1, 0.15) is 41.4 Å². The van der Waals surface area contributed by atoms with Crippen LogP contribution < -0.4 is 11.0 Å². The van der Waals surface area contributed by atoms with E-state index in [1.807, 2.05) is 38.1 Å². The Labute approximate surface area is 157 Å². The molecule has 0 radical (unpaired) electrons. The molecule has 138 valence electrons. The molecule has 27 heavy (non-hydrogen) atoms. The zero-order valence-corrected chi connectivity index (χ0v) is 15.5. The number of aromatic nitrogens is 2. The number of fused-ring (bicyclic) bond motifs is 1. The maximum atomic E-state index is 12.7. The second-order valence-corrected chi connectivity index (χ2v) is 6.33. The molecule has 2 aromatic carbocycles. The number of benzene rings is 2. The summed E-state index contributed by atoms with van der Waals surface area (Å²) in [6.07, 6.45) is 3.35. The fourth-order valence-corrected chi connectivity index (χ4v) is 2.81. The highest BCUT2D eigenvalue weighted by Crippen LogP contribution is 2.13. The molecule has 0 unspecified atom stereocenters. The number of aryl methyl sites for hydroxylation is 2. The van der Waals surface area contributed by atoms with Gasteiger partial charge in [-0.05, 0) is 30.5 Å². The van der Waals surface area contributed by atoms with Crippen molar-refractivity contribution in [3.63, 3.8) is 0 Å². The van der Waals surface area contributed by atoms with Gasteiger partial charge in [-0.2, -0.15) is 10.2 Å². The molecule has 0 atom stereocenters. The normalized spacial score (nSPS) is 11.2. The van der Waals surface area contributed by atoms with E-state index in [1.165, 1.54) is 4.68 Å². The summed E-state index contributed by atoms with van der Waals surface area (Å²) < 4.78 is 1.37. The highest BCUT2D eigenvalue weighted by Gasteiger charge is 2.16. The number of hydrazone groups is 1. The number of hydrogen-bond donors (Lipinski definition) is 1. The van der Waals surface area contributed by atoms with E-state index in [9.17, 15) is 9.59 Å². The van der Waals surface area contributed by atoms with Crippen LogP contribution in [0.25, 0.3) is 10.8 Å². The maximum absolute atomic E-state index is 12.7. The smallest absolute Gasteiger partial charge is 0.267 e. The topological polar surface area (TPSA) is 76.3 Å². The van der Waals surface area contributed by atoms with Crippen molar-refractivity contribution in [2.45, 2.75) is 33.2 Å². The van der Waals surface area contributed by atoms with Gasteiger partial charge in [-0.25, -0.2) is 10.1 Å². The van der Waals surface area contributed by atoms with Crippen LogP contribution >= 0.6 is 0 Å². The molecule has 0 aliphatic carbocycles. The molecule has 0 bridgehead atoms. The Kier molecular flexibility index (Phi) is 5.76. The van der Waals surface area contributed by atoms with Crippen molar-refractivity contribution in [3.8, 4) is 0 Å². The summed E-state index contributed by atoms with van der Waals surface area (Å²) in [4.78, 5) is 25.3. The Hall–Kier alpha value is -3.28. The van der Waals surface area contributed by atoms with Crippen molar-refractivity contribution in [2.75, 3.05) is 0 Å². The fourth-order valence-electron chi connectivity index (χ4n) is 2.81. The molecule has 3 rings (SSSR count). The SMILES string of the molecule is CCCCn1nc(C(=O)N/N=C/c2ccccc2C)c2ccccc2c1=O. The van der Waals surface area contributed by atoms with Crippen molar-refractivity contribution in [3.05, 3.63) is 75.7 Å². The van der Waals surface area contributed by atoms with Gasteiger partial charge in [0.25, 0.3) is 11.5 Å². The van der Waals surface area contributed by atoms with E-state index < -0.39 is 5.91 Å². The Bertz CT molecular complexity index is 1050. The highest BCUT2D eigenvalue weighted by molar-refractivity contribution is 6.05. The second-order valence-electron chi connectivity index (χ2n) is 6.33. The molecule has 0 spiro atoms. The minimum absolute atomic E-state index is 0.181. The van der Waals surface area contributed by atoms with E-state index in [0.29, 0.717) is 17.3 Å². The summed E-state index contributed by atoms with van der Waals surface area (Å²) in [5.41, 5.74) is 4.52. The lowest BCUT2D eigenvalue weighted by molar-refractivity contribution is 0.0949. The Morgan fingerprint density at radius 3 is 2.59 bits per heavy atom. The summed E-state index contributed by atoms with van der Waals surface area (Å²) in [5, 5.41) is 9.36. The first-order valence-corrected chi connectivity index (χ1v) is 9.00. The first-order valence-electron chi connectivity index (χ1n) is 9.00. The molecule has 1 N–H and O–H groups in total. The predicted molar refractivity (Wildman–Crippen MR) is 107 cm³/mol. The second kappa shape index (κ2) is 8.40. The van der Waals surface area contributed by atoms with E-state index in [2.05, 4.69) is 15.6 Å². The van der Waals surface area contributed by atoms with Crippen LogP contribution in [0.15, 0.2) is 58.4 Å². The number of carbonyl (C=O) groups is 1. The molecule has 1 aromatic heterocycles. The van der Waals surface area contributed by atoms with Gasteiger partial charge < -0.3 is 0 Å². The van der Waals surface area contributed by atoms with E-state index >= 15 is 0 Å². The predicted octanol–water partition coefficient (Wildman–Crippen LogP) is 3.27. The molecular weight excluding hydrogens is 340 g/mol. The summed E-state index contributed by atoms with van der Waals surface area (Å²) >= 11 is 0. The minimum Gasteiger partial charge on any atom is -0.267 e. The molecule has 0 fully saturated rings. The van der Waals surface area contributed by atoms with Crippen molar-refractivity contribution in [1.29, 1.82) is 0 Å². The van der Waals surface area contributed by atoms with Gasteiger partial charge in [-0.1, -0.05) is 55.8 Å². The summed E-state index contributed by atoms with van der Waals surface area (Å²) in [6, 6.07) is 14.8. The highest BCUT2D eigenvalue weighted by atomic mass is 16.2. The molecule has 3 aromatic rings. The van der Waals surface area contributed by atoms with Crippen molar-refractivity contribution >= 4 is 22.9 Å². The monoisotopic (exact) mass is 362 g/mol. The van der Waals surface area contributed by atoms with Crippen molar-refractivity contribution < 1.29 is 4.79 Å². The molecule has 0 aliphatic heterocycles. The lowest BCUT2D eigenvalue weighted by atomic mass is 10.1. The van der Waals surface area contributed by atoms with Gasteiger partial charge in [0, 0.05) is 11.9 Å². The summed E-state index contributed by atoms with van der Waals surface area (Å²) in [6.45, 7) is 4.49. The number of unbranched alkanes of at least 4 members (excludes halogenated alkanes) is 1. The maximum Gasteiger partial charge on any atom is 0.292 e. The van der Waals surface area contributed by atoms with Crippen LogP contribution in [0.2, 0.25) is 0 Å². The molecule has 1 heterocycles. The van der Waals surface area contributed by atoms with Gasteiger partial charge in [0.15, 0.2) is 5.69 Å². The number of carbonyl (C=O) groups excluding carboxylic acids is 1. The third kappa shape index (κ3) is 4.11. The zero-order valence-electron chi connectivity index (χ0n) is 15.5. The first kappa shape index (κ1) is 18.5. The number of amides is 1. The largest absolute Gasteiger partial charge is 0.292 e. The standard InChI is InChI=1S/C21H22N4O2/c1-3-4-13-25-21(27)18-12-8-7-11-17(18)19(24-25)20(26)23-22-14-16-10-6-5-9-15(16)2/h5-12,14H,3-4,13H2,1-2H3,(H,23,26)/b22-14+. The summed E-state index contributed by atoms with van der Waals surface area (Å²) in [5.74, 6) is -0.443. The molecule has 6 nitrogen and oxygen atoms in total. The molecule has 0 saturated carbocycles. The lowest BCUT2D eigenvalue weighted by Gasteiger charge is -2.09. The van der Waals surface area contributed by atoms with Crippen LogP contribution in [0.5, 0.6) is 0 Å². The van der Waals surface area contributed by atoms with Crippen LogP contribution in [-0.2, 0) is 6.54 Å². The first-order chi connectivity index (χ1) is 13.1. The zero-order chi connectivity index (χ0) is 19.2. The third-order valence-electron chi connectivity index (χ3n) is 4.36. The van der Waals surface area contributed by atoms with Crippen LogP contribution in [0.4, 0.5) is 0 Å². The van der Waals surface area contributed by atoms with Gasteiger partial charge >= 0.3 is 0 Å². The molecule has 0 aliphatic rings. The van der Waals surface area contributed by atoms with Crippen LogP contribution in [-0.4, -0.2) is 21.9 Å². The average Bonchev–Trinajstić information content (AvgIpc) is 2.69. The minimum atomic E-state index is -0.443. The van der Waals surface area contributed by atoms with Crippen molar-refractivity contribution in [1.82, 2.24) is 15.2 Å². The van der Waals surface area contributed by atoms with Crippen molar-refractivity contribution in [2.24, 2.45) is 5.10 Å². The molecule has 0 saturated heterocycles. The lowest BCUT2D eigenvalue weighted by Crippen LogP contribution is -2.29. The number of nitrogens with one attached hydrogen (secondary N) is 1. The number of nitrogens with zero attached hydrogens (tertiary/aromatic N) is 3. The Morgan fingerprint density at radius 1 is 1.15 bits per heavy atom. The summed E-state index contributed by atoms with van der Waals surface area (Å²) in [7, 11) is 0. The van der Waals surface area contributed by atoms with Gasteiger partial charge in [-0.3, -0.25) is 9.59 Å². The third-order valence-corrected chi connectivity index (χ3v) is 4.36. The van der Waals surface area contributed by atoms with Gasteiger partial charge in [0.05, 0.1) is 11.6 Å². The van der Waals surface area contributed by atoms with Gasteiger partial charge in [0.1, 0.15) is 0 Å². The fraction of sp³-hybridized carbons (Fsp3) is 0.238. The van der Waals surface area contributed by atoms with Gasteiger partial charge in [0.2, 0.25) is 0 Å². The van der Waals surface area contributed by atoms with E-state index in [-0.39, 0.29) is 11.3 Å². The molecule has 6 heteroatoms. The molecular formula is C21H22N4O2. The Morgan fingerprint density at radius 2 is 1.85 bits per heavy atom.